The summed E-state index contributed by atoms with van der Waals surface area (Å²) in [6.45, 7) is 0.0621. The van der Waals surface area contributed by atoms with E-state index in [0.717, 1.165) is 11.3 Å². The third kappa shape index (κ3) is 5.71. The van der Waals surface area contributed by atoms with Crippen LogP contribution in [-0.4, -0.2) is 107 Å². The molecule has 1 aliphatic carbocycles. The SMILES string of the molecule is [B]C([B])([B])O[C@@H]1CC[C@H](N(C(=O)c2nn(-c3ccsc3)c3c2COc2cc(OC)c(-c4ccn(C)n4)cc2-3)C([B])([B])[B])C1. The van der Waals surface area contributed by atoms with Gasteiger partial charge in [-0.05, 0) is 48.1 Å². The highest BCUT2D eigenvalue weighted by Gasteiger charge is 2.41. The summed E-state index contributed by atoms with van der Waals surface area (Å²) in [5.74, 6) is 0.624. The van der Waals surface area contributed by atoms with Gasteiger partial charge in [0.25, 0.3) is 5.91 Å². The number of hydrogen-bond donors (Lipinski definition) is 0. The number of benzene rings is 1. The highest BCUT2D eigenvalue weighted by Crippen LogP contribution is 2.46. The summed E-state index contributed by atoms with van der Waals surface area (Å²) < 4.78 is 20.9. The van der Waals surface area contributed by atoms with E-state index in [-0.39, 0.29) is 12.3 Å². The fourth-order valence-electron chi connectivity index (χ4n) is 5.86. The molecule has 9 nitrogen and oxygen atoms in total. The van der Waals surface area contributed by atoms with Crippen molar-refractivity contribution in [2.24, 2.45) is 7.05 Å². The van der Waals surface area contributed by atoms with E-state index in [9.17, 15) is 4.79 Å². The first kappa shape index (κ1) is 29.8. The van der Waals surface area contributed by atoms with Crippen molar-refractivity contribution in [3.63, 3.8) is 0 Å². The highest BCUT2D eigenvalue weighted by atomic mass is 32.1. The second-order valence-electron chi connectivity index (χ2n) is 10.9. The van der Waals surface area contributed by atoms with E-state index >= 15 is 0 Å². The Morgan fingerprint density at radius 2 is 1.91 bits per heavy atom. The molecule has 1 saturated carbocycles. The van der Waals surface area contributed by atoms with Crippen molar-refractivity contribution in [1.29, 1.82) is 0 Å². The van der Waals surface area contributed by atoms with Crippen LogP contribution in [0.3, 0.4) is 0 Å². The van der Waals surface area contributed by atoms with Gasteiger partial charge in [-0.2, -0.15) is 21.5 Å². The molecule has 1 aromatic carbocycles. The molecule has 1 aliphatic heterocycles. The van der Waals surface area contributed by atoms with Gasteiger partial charge in [-0.3, -0.25) is 9.48 Å². The van der Waals surface area contributed by atoms with Crippen LogP contribution in [0.15, 0.2) is 41.2 Å². The van der Waals surface area contributed by atoms with Crippen molar-refractivity contribution in [3.05, 3.63) is 52.5 Å². The van der Waals surface area contributed by atoms with Gasteiger partial charge in [-0.25, -0.2) is 4.68 Å². The van der Waals surface area contributed by atoms with Crippen LogP contribution in [0.5, 0.6) is 11.5 Å². The third-order valence-electron chi connectivity index (χ3n) is 7.58. The van der Waals surface area contributed by atoms with Crippen LogP contribution < -0.4 is 9.47 Å². The number of carbonyl (C=O) groups is 1. The lowest BCUT2D eigenvalue weighted by Gasteiger charge is -2.42. The lowest BCUT2D eigenvalue weighted by Crippen LogP contribution is -2.58. The molecule has 2 aliphatic rings. The summed E-state index contributed by atoms with van der Waals surface area (Å²) in [6.07, 6.45) is 2.76. The monoisotopic (exact) mass is 579 g/mol. The van der Waals surface area contributed by atoms with E-state index in [2.05, 4.69) is 5.10 Å². The van der Waals surface area contributed by atoms with Crippen LogP contribution >= 0.6 is 11.3 Å². The Labute approximate surface area is 262 Å². The molecule has 3 aromatic heterocycles. The van der Waals surface area contributed by atoms with E-state index in [0.29, 0.717) is 53.3 Å². The van der Waals surface area contributed by atoms with Crippen molar-refractivity contribution >= 4 is 64.3 Å². The quantitative estimate of drug-likeness (QED) is 0.295. The van der Waals surface area contributed by atoms with Crippen LogP contribution in [0, 0.1) is 0 Å². The number of aryl methyl sites for hydroxylation is 1. The van der Waals surface area contributed by atoms with Crippen LogP contribution in [0.25, 0.3) is 28.2 Å². The number of amides is 1. The van der Waals surface area contributed by atoms with Crippen molar-refractivity contribution in [2.45, 2.75) is 48.6 Å². The molecular weight excluding hydrogens is 555 g/mol. The van der Waals surface area contributed by atoms with Gasteiger partial charge in [-0.1, -0.05) is 5.24 Å². The largest absolute Gasteiger partial charge is 0.496 e. The number of hydrogen-bond acceptors (Lipinski definition) is 7. The molecule has 1 fully saturated rings. The number of rotatable bonds is 8. The third-order valence-corrected chi connectivity index (χ3v) is 8.25. The average molecular weight is 578 g/mol. The molecule has 0 unspecified atom stereocenters. The number of fused-ring (bicyclic) bond motifs is 3. The van der Waals surface area contributed by atoms with E-state index in [1.54, 1.807) is 16.5 Å². The minimum atomic E-state index is -2.01. The average Bonchev–Trinajstić information content (AvgIpc) is 3.73. The number of thiophene rings is 1. The zero-order valence-corrected chi connectivity index (χ0v) is 24.6. The number of ether oxygens (including phenoxy) is 3. The van der Waals surface area contributed by atoms with Crippen molar-refractivity contribution in [3.8, 4) is 39.7 Å². The van der Waals surface area contributed by atoms with Gasteiger partial charge in [0.2, 0.25) is 0 Å². The predicted octanol–water partition coefficient (Wildman–Crippen LogP) is 1.52. The molecule has 4 aromatic rings. The van der Waals surface area contributed by atoms with E-state index in [1.807, 2.05) is 48.3 Å². The van der Waals surface area contributed by atoms with Gasteiger partial charge in [0.05, 0.1) is 77.4 Å². The second kappa shape index (κ2) is 11.0. The van der Waals surface area contributed by atoms with Gasteiger partial charge in [0.1, 0.15) is 18.1 Å². The minimum Gasteiger partial charge on any atom is -0.496 e. The summed E-state index contributed by atoms with van der Waals surface area (Å²) in [4.78, 5) is 15.6. The minimum absolute atomic E-state index is 0.0621. The van der Waals surface area contributed by atoms with Crippen LogP contribution in [0.1, 0.15) is 35.3 Å². The number of nitrogens with zero attached hydrogens (tertiary/aromatic N) is 5. The molecule has 43 heavy (non-hydrogen) atoms. The lowest BCUT2D eigenvalue weighted by atomic mass is 9.48. The summed E-state index contributed by atoms with van der Waals surface area (Å²) in [7, 11) is 39.0. The molecular formula is C27H23B6N5O4S. The number of aromatic nitrogens is 4. The Morgan fingerprint density at radius 1 is 1.12 bits per heavy atom. The molecule has 204 valence electrons. The fourth-order valence-corrected chi connectivity index (χ4v) is 6.48. The first-order valence-corrected chi connectivity index (χ1v) is 14.5. The smallest absolute Gasteiger partial charge is 0.273 e. The van der Waals surface area contributed by atoms with Crippen LogP contribution in [0.2, 0.25) is 0 Å². The fraction of sp³-hybridized carbons (Fsp3) is 0.370. The van der Waals surface area contributed by atoms with Gasteiger partial charge in [0, 0.05) is 47.4 Å². The molecule has 6 rings (SSSR count). The zero-order valence-electron chi connectivity index (χ0n) is 23.8. The highest BCUT2D eigenvalue weighted by molar-refractivity contribution is 7.08. The first-order valence-electron chi connectivity index (χ1n) is 13.6. The molecule has 12 radical (unpaired) electrons. The zero-order chi connectivity index (χ0) is 30.7. The summed E-state index contributed by atoms with van der Waals surface area (Å²) in [6, 6.07) is 7.07. The Morgan fingerprint density at radius 3 is 2.53 bits per heavy atom. The standard InChI is InChI=1S/C27H23B6N5O4S/c1-36-7-5-20(34-36)17-10-18-22(11-21(17)40-2)41-12-19-23(35-38(24(18)19)15-6-8-43-13-15)25(39)37(26(28,29)30)14-3-4-16(9-14)42-27(31,32)33/h5-8,10-11,13-14,16H,3-4,9,12H2,1-2H3/t14-,16+/m0/s1. The number of methoxy groups -OCH3 is 1. The Hall–Kier alpha value is -3.24. The normalized spacial score (nSPS) is 18.1. The van der Waals surface area contributed by atoms with E-state index < -0.39 is 28.6 Å². The van der Waals surface area contributed by atoms with Crippen molar-refractivity contribution in [1.82, 2.24) is 24.5 Å². The Bertz CT molecular complexity index is 1660. The topological polar surface area (TPSA) is 83.6 Å². The van der Waals surface area contributed by atoms with Crippen LogP contribution in [0.4, 0.5) is 0 Å². The molecule has 0 spiro atoms. The first-order chi connectivity index (χ1) is 20.3. The molecule has 0 bridgehead atoms. The van der Waals surface area contributed by atoms with E-state index in [1.165, 1.54) is 16.2 Å². The molecule has 4 heterocycles. The van der Waals surface area contributed by atoms with Crippen molar-refractivity contribution < 1.29 is 19.0 Å². The lowest BCUT2D eigenvalue weighted by molar-refractivity contribution is 0.0420. The Kier molecular flexibility index (Phi) is 7.65. The maximum atomic E-state index is 14.3. The number of carbonyl (C=O) groups excluding carboxylic acids is 1. The van der Waals surface area contributed by atoms with Gasteiger partial charge in [0.15, 0.2) is 5.69 Å². The van der Waals surface area contributed by atoms with E-state index in [4.69, 9.17) is 66.4 Å². The predicted molar refractivity (Wildman–Crippen MR) is 169 cm³/mol. The van der Waals surface area contributed by atoms with Crippen LogP contribution in [-0.2, 0) is 18.4 Å². The molecule has 1 amide bonds. The van der Waals surface area contributed by atoms with Crippen molar-refractivity contribution in [2.75, 3.05) is 7.11 Å². The molecule has 16 heteroatoms. The summed E-state index contributed by atoms with van der Waals surface area (Å²) in [5.41, 5.74) is 4.32. The summed E-state index contributed by atoms with van der Waals surface area (Å²) >= 11 is 1.50. The molecule has 2 atom stereocenters. The van der Waals surface area contributed by atoms with Gasteiger partial charge >= 0.3 is 0 Å². The van der Waals surface area contributed by atoms with Gasteiger partial charge < -0.3 is 19.1 Å². The maximum absolute atomic E-state index is 14.3. The maximum Gasteiger partial charge on any atom is 0.273 e. The molecule has 0 N–H and O–H groups in total. The van der Waals surface area contributed by atoms with Gasteiger partial charge in [-0.15, -0.1) is 0 Å². The molecule has 0 saturated heterocycles. The Balaban J connectivity index is 1.47. The second-order valence-corrected chi connectivity index (χ2v) is 11.7. The summed E-state index contributed by atoms with van der Waals surface area (Å²) in [5, 5.41) is 9.42.